The molecule has 1 aromatic carbocycles. The summed E-state index contributed by atoms with van der Waals surface area (Å²) >= 11 is 0. The fourth-order valence-electron chi connectivity index (χ4n) is 2.48. The maximum absolute atomic E-state index is 12.3. The Balaban J connectivity index is 2.01. The first-order valence-corrected chi connectivity index (χ1v) is 6.87. The van der Waals surface area contributed by atoms with Gasteiger partial charge in [0.25, 0.3) is 5.91 Å². The summed E-state index contributed by atoms with van der Waals surface area (Å²) < 4.78 is 5.46. The van der Waals surface area contributed by atoms with Gasteiger partial charge in [-0.05, 0) is 26.0 Å². The molecule has 21 heavy (non-hydrogen) atoms. The predicted octanol–water partition coefficient (Wildman–Crippen LogP) is 0.727. The fourth-order valence-corrected chi connectivity index (χ4v) is 2.48. The van der Waals surface area contributed by atoms with Crippen molar-refractivity contribution < 1.29 is 14.3 Å². The number of benzene rings is 1. The molecule has 0 aliphatic carbocycles. The molecule has 114 valence electrons. The molecule has 2 N–H and O–H groups in total. The maximum atomic E-state index is 12.3. The van der Waals surface area contributed by atoms with E-state index in [1.807, 2.05) is 0 Å². The highest BCUT2D eigenvalue weighted by molar-refractivity contribution is 5.92. The van der Waals surface area contributed by atoms with E-state index in [-0.39, 0.29) is 18.4 Å². The maximum Gasteiger partial charge on any atom is 0.261 e. The largest absolute Gasteiger partial charge is 0.484 e. The van der Waals surface area contributed by atoms with Gasteiger partial charge in [-0.1, -0.05) is 6.07 Å². The number of rotatable bonds is 3. The lowest BCUT2D eigenvalue weighted by molar-refractivity contribution is -0.158. The van der Waals surface area contributed by atoms with E-state index in [0.29, 0.717) is 24.5 Å². The first-order valence-electron chi connectivity index (χ1n) is 6.87. The van der Waals surface area contributed by atoms with Crippen LogP contribution in [-0.2, 0) is 9.59 Å². The van der Waals surface area contributed by atoms with Crippen molar-refractivity contribution in [2.24, 2.45) is 0 Å². The Morgan fingerprint density at radius 2 is 2.10 bits per heavy atom. The van der Waals surface area contributed by atoms with E-state index in [1.165, 1.54) is 0 Å². The van der Waals surface area contributed by atoms with Gasteiger partial charge in [0.15, 0.2) is 6.61 Å². The van der Waals surface area contributed by atoms with Gasteiger partial charge in [-0.2, -0.15) is 0 Å². The van der Waals surface area contributed by atoms with Crippen LogP contribution in [0.25, 0.3) is 0 Å². The molecule has 0 atom stereocenters. The molecule has 0 bridgehead atoms. The van der Waals surface area contributed by atoms with Crippen molar-refractivity contribution in [3.05, 3.63) is 24.3 Å². The first-order chi connectivity index (χ1) is 9.82. The van der Waals surface area contributed by atoms with Gasteiger partial charge in [0, 0.05) is 31.9 Å². The van der Waals surface area contributed by atoms with Crippen LogP contribution in [0.1, 0.15) is 13.8 Å². The molecule has 2 amide bonds. The summed E-state index contributed by atoms with van der Waals surface area (Å²) in [4.78, 5) is 27.7. The Hall–Kier alpha value is -2.24. The second-order valence-electron chi connectivity index (χ2n) is 5.69. The van der Waals surface area contributed by atoms with Gasteiger partial charge < -0.3 is 20.3 Å². The molecular weight excluding hydrogens is 270 g/mol. The number of carbonyl (C=O) groups excluding carboxylic acids is 2. The monoisotopic (exact) mass is 291 g/mol. The first kappa shape index (κ1) is 15.2. The number of amides is 2. The van der Waals surface area contributed by atoms with Crippen molar-refractivity contribution in [2.75, 3.05) is 32.5 Å². The van der Waals surface area contributed by atoms with Crippen LogP contribution in [0.15, 0.2) is 24.3 Å². The second-order valence-corrected chi connectivity index (χ2v) is 5.69. The molecule has 0 aromatic heterocycles. The zero-order valence-electron chi connectivity index (χ0n) is 12.6. The van der Waals surface area contributed by atoms with Crippen LogP contribution < -0.4 is 10.5 Å². The molecule has 0 spiro atoms. The normalized spacial score (nSPS) is 17.8. The number of hydrogen-bond donors (Lipinski definition) is 1. The lowest BCUT2D eigenvalue weighted by Gasteiger charge is -2.44. The van der Waals surface area contributed by atoms with E-state index in [0.717, 1.165) is 0 Å². The lowest BCUT2D eigenvalue weighted by Crippen LogP contribution is -2.64. The highest BCUT2D eigenvalue weighted by atomic mass is 16.5. The fraction of sp³-hybridized carbons (Fsp3) is 0.467. The van der Waals surface area contributed by atoms with Crippen LogP contribution in [0.4, 0.5) is 5.69 Å². The van der Waals surface area contributed by atoms with E-state index in [2.05, 4.69) is 0 Å². The van der Waals surface area contributed by atoms with Crippen molar-refractivity contribution in [2.45, 2.75) is 19.4 Å². The molecule has 0 radical (unpaired) electrons. The van der Waals surface area contributed by atoms with Gasteiger partial charge in [0.05, 0.1) is 0 Å². The summed E-state index contributed by atoms with van der Waals surface area (Å²) in [5, 5.41) is 0. The summed E-state index contributed by atoms with van der Waals surface area (Å²) in [7, 11) is 1.75. The molecule has 1 fully saturated rings. The van der Waals surface area contributed by atoms with Gasteiger partial charge in [-0.25, -0.2) is 0 Å². The van der Waals surface area contributed by atoms with Crippen LogP contribution in [-0.4, -0.2) is 53.9 Å². The minimum atomic E-state index is -0.844. The molecule has 1 aliphatic rings. The molecule has 1 saturated heterocycles. The third-order valence-corrected chi connectivity index (χ3v) is 3.73. The molecule has 2 rings (SSSR count). The average Bonchev–Trinajstić information content (AvgIpc) is 2.42. The zero-order chi connectivity index (χ0) is 15.6. The number of likely N-dealkylation sites (N-methyl/N-ethyl adjacent to an activating group) is 1. The lowest BCUT2D eigenvalue weighted by atomic mass is 9.98. The van der Waals surface area contributed by atoms with E-state index in [4.69, 9.17) is 10.5 Å². The second kappa shape index (κ2) is 5.63. The summed E-state index contributed by atoms with van der Waals surface area (Å²) in [6.45, 7) is 4.44. The van der Waals surface area contributed by atoms with Crippen LogP contribution >= 0.6 is 0 Å². The van der Waals surface area contributed by atoms with Gasteiger partial charge in [-0.15, -0.1) is 0 Å². The van der Waals surface area contributed by atoms with Crippen molar-refractivity contribution in [1.82, 2.24) is 9.80 Å². The molecule has 0 saturated carbocycles. The van der Waals surface area contributed by atoms with Crippen LogP contribution in [0.2, 0.25) is 0 Å². The number of ether oxygens (including phenoxy) is 1. The smallest absolute Gasteiger partial charge is 0.261 e. The van der Waals surface area contributed by atoms with Gasteiger partial charge >= 0.3 is 0 Å². The van der Waals surface area contributed by atoms with Gasteiger partial charge in [0.1, 0.15) is 11.3 Å². The number of hydrogen-bond acceptors (Lipinski definition) is 4. The number of carbonyl (C=O) groups is 2. The van der Waals surface area contributed by atoms with Crippen LogP contribution in [0.5, 0.6) is 5.75 Å². The summed E-state index contributed by atoms with van der Waals surface area (Å²) in [6, 6.07) is 6.91. The molecule has 1 heterocycles. The number of nitrogens with zero attached hydrogens (tertiary/aromatic N) is 2. The summed E-state index contributed by atoms with van der Waals surface area (Å²) in [5.41, 5.74) is 5.39. The summed E-state index contributed by atoms with van der Waals surface area (Å²) in [5.74, 6) is 0.275. The standard InChI is InChI=1S/C15H21N3O3/c1-15(2)14(20)17(3)7-8-18(15)13(19)10-21-12-6-4-5-11(16)9-12/h4-6,9H,7-8,10,16H2,1-3H3. The third kappa shape index (κ3) is 3.09. The molecule has 6 heteroatoms. The Labute approximate surface area is 124 Å². The number of nitrogens with two attached hydrogens (primary N) is 1. The minimum Gasteiger partial charge on any atom is -0.484 e. The van der Waals surface area contributed by atoms with Gasteiger partial charge in [0.2, 0.25) is 5.91 Å². The number of anilines is 1. The Morgan fingerprint density at radius 1 is 1.38 bits per heavy atom. The van der Waals surface area contributed by atoms with E-state index < -0.39 is 5.54 Å². The van der Waals surface area contributed by atoms with Crippen molar-refractivity contribution in [3.8, 4) is 5.75 Å². The highest BCUT2D eigenvalue weighted by Gasteiger charge is 2.42. The quantitative estimate of drug-likeness (QED) is 0.833. The topological polar surface area (TPSA) is 75.9 Å². The molecule has 6 nitrogen and oxygen atoms in total. The molecule has 1 aromatic rings. The zero-order valence-corrected chi connectivity index (χ0v) is 12.6. The SMILES string of the molecule is CN1CCN(C(=O)COc2cccc(N)c2)C(C)(C)C1=O. The van der Waals surface area contributed by atoms with Crippen LogP contribution in [0.3, 0.4) is 0 Å². The molecular formula is C15H21N3O3. The van der Waals surface area contributed by atoms with E-state index >= 15 is 0 Å². The minimum absolute atomic E-state index is 0.0638. The molecule has 1 aliphatic heterocycles. The van der Waals surface area contributed by atoms with Crippen molar-refractivity contribution in [1.29, 1.82) is 0 Å². The van der Waals surface area contributed by atoms with Crippen LogP contribution in [0, 0.1) is 0 Å². The number of piperazine rings is 1. The highest BCUT2D eigenvalue weighted by Crippen LogP contribution is 2.22. The number of nitrogen functional groups attached to an aromatic ring is 1. The van der Waals surface area contributed by atoms with Crippen molar-refractivity contribution >= 4 is 17.5 Å². The third-order valence-electron chi connectivity index (χ3n) is 3.73. The van der Waals surface area contributed by atoms with E-state index in [9.17, 15) is 9.59 Å². The van der Waals surface area contributed by atoms with E-state index in [1.54, 1.807) is 55.0 Å². The summed E-state index contributed by atoms with van der Waals surface area (Å²) in [6.07, 6.45) is 0. The molecule has 0 unspecified atom stereocenters. The Bertz CT molecular complexity index is 557. The average molecular weight is 291 g/mol. The Morgan fingerprint density at radius 3 is 2.76 bits per heavy atom. The van der Waals surface area contributed by atoms with Gasteiger partial charge in [-0.3, -0.25) is 9.59 Å². The van der Waals surface area contributed by atoms with Crippen molar-refractivity contribution in [3.63, 3.8) is 0 Å². The predicted molar refractivity (Wildman–Crippen MR) is 79.8 cm³/mol. The Kier molecular flexibility index (Phi) is 4.06.